The van der Waals surface area contributed by atoms with Crippen LogP contribution >= 0.6 is 0 Å². The number of rotatable bonds is 4. The highest BCUT2D eigenvalue weighted by atomic mass is 16.5. The topological polar surface area (TPSA) is 85.6 Å². The van der Waals surface area contributed by atoms with Crippen molar-refractivity contribution in [3.8, 4) is 0 Å². The van der Waals surface area contributed by atoms with Crippen molar-refractivity contribution in [3.05, 3.63) is 36.1 Å². The fourth-order valence-electron chi connectivity index (χ4n) is 7.45. The van der Waals surface area contributed by atoms with Crippen molar-refractivity contribution in [2.24, 2.45) is 22.7 Å². The Morgan fingerprint density at radius 1 is 1.09 bits per heavy atom. The van der Waals surface area contributed by atoms with E-state index in [1.807, 2.05) is 44.2 Å². The molecule has 2 heterocycles. The Morgan fingerprint density at radius 2 is 1.79 bits per heavy atom. The molecule has 33 heavy (non-hydrogen) atoms. The molecule has 1 aromatic heterocycles. The summed E-state index contributed by atoms with van der Waals surface area (Å²) in [5, 5.41) is 4.34. The summed E-state index contributed by atoms with van der Waals surface area (Å²) in [5.74, 6) is -0.733. The molecular weight excluding hydrogens is 418 g/mol. The zero-order valence-electron chi connectivity index (χ0n) is 19.9. The molecule has 0 amide bonds. The van der Waals surface area contributed by atoms with Crippen LogP contribution < -0.4 is 5.32 Å². The van der Waals surface area contributed by atoms with Crippen LogP contribution in [0, 0.1) is 22.7 Å². The highest BCUT2D eigenvalue weighted by molar-refractivity contribution is 6.13. The van der Waals surface area contributed by atoms with E-state index in [0.29, 0.717) is 11.3 Å². The highest BCUT2D eigenvalue weighted by Crippen LogP contribution is 2.67. The Morgan fingerprint density at radius 3 is 2.45 bits per heavy atom. The number of esters is 1. The molecule has 3 fully saturated rings. The lowest BCUT2D eigenvalue weighted by Gasteiger charge is -2.41. The average molecular weight is 452 g/mol. The lowest BCUT2D eigenvalue weighted by Crippen LogP contribution is -2.55. The largest absolute Gasteiger partial charge is 0.468 e. The van der Waals surface area contributed by atoms with Crippen molar-refractivity contribution in [1.29, 1.82) is 0 Å². The molecule has 1 N–H and O–H groups in total. The van der Waals surface area contributed by atoms with Gasteiger partial charge in [0.2, 0.25) is 0 Å². The predicted molar refractivity (Wildman–Crippen MR) is 123 cm³/mol. The van der Waals surface area contributed by atoms with E-state index in [1.165, 1.54) is 7.11 Å². The number of carbonyl (C=O) groups is 3. The number of ether oxygens (including phenoxy) is 1. The Balaban J connectivity index is 1.75. The second-order valence-corrected chi connectivity index (χ2v) is 11.0. The Kier molecular flexibility index (Phi) is 5.09. The van der Waals surface area contributed by atoms with Crippen LogP contribution in [0.1, 0.15) is 71.1 Å². The minimum atomic E-state index is -1.36. The van der Waals surface area contributed by atoms with Crippen LogP contribution in [-0.4, -0.2) is 30.2 Å². The number of Topliss-reactive ketones (excluding diaryl/α,β-unsaturated/α-hetero) is 2. The maximum Gasteiger partial charge on any atom is 0.326 e. The van der Waals surface area contributed by atoms with Crippen molar-refractivity contribution in [2.45, 2.75) is 70.9 Å². The number of fused-ring (bicyclic) bond motifs is 2. The smallest absolute Gasteiger partial charge is 0.326 e. The van der Waals surface area contributed by atoms with Crippen molar-refractivity contribution in [3.63, 3.8) is 0 Å². The molecule has 1 aliphatic heterocycles. The van der Waals surface area contributed by atoms with E-state index < -0.39 is 34.3 Å². The molecule has 2 aliphatic carbocycles. The van der Waals surface area contributed by atoms with E-state index in [-0.39, 0.29) is 23.9 Å². The van der Waals surface area contributed by atoms with Crippen LogP contribution in [0.4, 0.5) is 0 Å². The van der Waals surface area contributed by atoms with Crippen molar-refractivity contribution >= 4 is 28.5 Å². The van der Waals surface area contributed by atoms with Gasteiger partial charge in [-0.15, -0.1) is 0 Å². The zero-order valence-corrected chi connectivity index (χ0v) is 19.9. The zero-order chi connectivity index (χ0) is 23.6. The molecule has 1 saturated heterocycles. The third-order valence-electron chi connectivity index (χ3n) is 8.51. The van der Waals surface area contributed by atoms with Crippen LogP contribution in [0.15, 0.2) is 34.7 Å². The Hall–Kier alpha value is -2.47. The van der Waals surface area contributed by atoms with Crippen molar-refractivity contribution < 1.29 is 23.5 Å². The lowest BCUT2D eigenvalue weighted by atomic mass is 9.58. The molecule has 2 aromatic rings. The number of methoxy groups -OCH3 is 1. The maximum atomic E-state index is 14.4. The van der Waals surface area contributed by atoms with Gasteiger partial charge in [0.1, 0.15) is 28.1 Å². The van der Waals surface area contributed by atoms with E-state index in [4.69, 9.17) is 9.15 Å². The van der Waals surface area contributed by atoms with Gasteiger partial charge >= 0.3 is 5.97 Å². The summed E-state index contributed by atoms with van der Waals surface area (Å²) in [4.78, 5) is 41.7. The molecule has 0 spiro atoms. The van der Waals surface area contributed by atoms with Gasteiger partial charge in [-0.1, -0.05) is 51.3 Å². The first-order valence-corrected chi connectivity index (χ1v) is 12.1. The minimum Gasteiger partial charge on any atom is -0.468 e. The fraction of sp³-hybridized carbons (Fsp3) is 0.593. The number of hydrogen-bond donors (Lipinski definition) is 1. The molecule has 0 radical (unpaired) electrons. The normalized spacial score (nSPS) is 33.9. The molecule has 1 unspecified atom stereocenters. The number of nitrogens with one attached hydrogen (secondary N) is 1. The number of benzene rings is 1. The van der Waals surface area contributed by atoms with Gasteiger partial charge in [0, 0.05) is 23.6 Å². The Labute approximate surface area is 194 Å². The van der Waals surface area contributed by atoms with Crippen LogP contribution in [0.3, 0.4) is 0 Å². The molecular formula is C27H33NO5. The summed E-state index contributed by atoms with van der Waals surface area (Å²) < 4.78 is 11.5. The van der Waals surface area contributed by atoms with E-state index >= 15 is 0 Å². The summed E-state index contributed by atoms with van der Waals surface area (Å²) in [6, 6.07) is 8.83. The van der Waals surface area contributed by atoms with E-state index in [9.17, 15) is 14.4 Å². The minimum absolute atomic E-state index is 0.0200. The van der Waals surface area contributed by atoms with E-state index in [0.717, 1.165) is 37.5 Å². The van der Waals surface area contributed by atoms with Crippen LogP contribution in [0.5, 0.6) is 0 Å². The lowest BCUT2D eigenvalue weighted by molar-refractivity contribution is -0.153. The molecule has 6 nitrogen and oxygen atoms in total. The SMILES string of the molecule is COC(=O)[C@@]1(C)N[C@@H](c2cc3ccccc3o2)[C@@]2(C(=O)C3CCCCC3)C(=O)CC(C)(C)C21. The second kappa shape index (κ2) is 7.52. The first-order chi connectivity index (χ1) is 15.7. The fourth-order valence-corrected chi connectivity index (χ4v) is 7.45. The summed E-state index contributed by atoms with van der Waals surface area (Å²) in [6.45, 7) is 5.78. The third-order valence-corrected chi connectivity index (χ3v) is 8.51. The van der Waals surface area contributed by atoms with Gasteiger partial charge in [0.25, 0.3) is 0 Å². The molecule has 0 bridgehead atoms. The summed E-state index contributed by atoms with van der Waals surface area (Å²) >= 11 is 0. The van der Waals surface area contributed by atoms with Crippen molar-refractivity contribution in [1.82, 2.24) is 5.32 Å². The predicted octanol–water partition coefficient (Wildman–Crippen LogP) is 4.76. The number of furan rings is 1. The quantitative estimate of drug-likeness (QED) is 0.533. The molecule has 1 aromatic carbocycles. The van der Waals surface area contributed by atoms with Crippen LogP contribution in [0.25, 0.3) is 11.0 Å². The first kappa shape index (κ1) is 22.3. The summed E-state index contributed by atoms with van der Waals surface area (Å²) in [5.41, 5.74) is -2.42. The van der Waals surface area contributed by atoms with E-state index in [2.05, 4.69) is 5.32 Å². The average Bonchev–Trinajstić information content (AvgIpc) is 3.42. The van der Waals surface area contributed by atoms with Crippen LogP contribution in [-0.2, 0) is 19.1 Å². The number of hydrogen-bond acceptors (Lipinski definition) is 6. The molecule has 6 heteroatoms. The standard InChI is InChI=1S/C27H33NO5/c1-25(2)15-20(29)27(22(30)16-10-6-5-7-11-16)21(28-26(3,23(25)27)24(31)32-4)19-14-17-12-8-9-13-18(17)33-19/h8-9,12-14,16,21,23,28H,5-7,10-11,15H2,1-4H3/t21-,23?,26-,27+/m0/s1. The van der Waals surface area contributed by atoms with Gasteiger partial charge in [-0.3, -0.25) is 19.7 Å². The monoisotopic (exact) mass is 451 g/mol. The van der Waals surface area contributed by atoms with Crippen LogP contribution in [0.2, 0.25) is 0 Å². The molecule has 2 saturated carbocycles. The number of ketones is 2. The molecule has 4 atom stereocenters. The van der Waals surface area contributed by atoms with Gasteiger partial charge in [0.05, 0.1) is 13.2 Å². The second-order valence-electron chi connectivity index (χ2n) is 11.0. The molecule has 176 valence electrons. The first-order valence-electron chi connectivity index (χ1n) is 12.1. The van der Waals surface area contributed by atoms with Gasteiger partial charge in [-0.25, -0.2) is 0 Å². The highest BCUT2D eigenvalue weighted by Gasteiger charge is 2.78. The third kappa shape index (κ3) is 2.99. The van der Waals surface area contributed by atoms with Gasteiger partial charge in [0.15, 0.2) is 5.78 Å². The number of carbonyl (C=O) groups excluding carboxylic acids is 3. The maximum absolute atomic E-state index is 14.4. The summed E-state index contributed by atoms with van der Waals surface area (Å²) in [7, 11) is 1.36. The van der Waals surface area contributed by atoms with Crippen molar-refractivity contribution in [2.75, 3.05) is 7.11 Å². The number of para-hydroxylation sites is 1. The van der Waals surface area contributed by atoms with Gasteiger partial charge in [-0.05, 0) is 37.3 Å². The summed E-state index contributed by atoms with van der Waals surface area (Å²) in [6.07, 6.45) is 4.94. The molecule has 3 aliphatic rings. The Bertz CT molecular complexity index is 1090. The molecule has 5 rings (SSSR count). The van der Waals surface area contributed by atoms with E-state index in [1.54, 1.807) is 6.92 Å². The van der Waals surface area contributed by atoms with Gasteiger partial charge < -0.3 is 9.15 Å². The van der Waals surface area contributed by atoms with Gasteiger partial charge in [-0.2, -0.15) is 0 Å².